The summed E-state index contributed by atoms with van der Waals surface area (Å²) in [6, 6.07) is 4.67. The lowest BCUT2D eigenvalue weighted by atomic mass is 10.1. The number of hydrogen-bond donors (Lipinski definition) is 0. The topological polar surface area (TPSA) is 57.9 Å². The molecule has 1 aromatic rings. The summed E-state index contributed by atoms with van der Waals surface area (Å²) in [6.45, 7) is 3.72. The highest BCUT2D eigenvalue weighted by molar-refractivity contribution is 7.88. The maximum absolute atomic E-state index is 10.8. The van der Waals surface area contributed by atoms with Crippen LogP contribution in [0.2, 0.25) is 0 Å². The van der Waals surface area contributed by atoms with E-state index in [1.807, 2.05) is 13.8 Å². The van der Waals surface area contributed by atoms with E-state index in [-0.39, 0.29) is 4.90 Å². The molecule has 1 rings (SSSR count). The number of hydrogen-bond acceptors (Lipinski definition) is 2. The third-order valence-corrected chi connectivity index (χ3v) is 2.66. The van der Waals surface area contributed by atoms with Crippen molar-refractivity contribution in [1.29, 1.82) is 0 Å². The van der Waals surface area contributed by atoms with Gasteiger partial charge in [0.05, 0.1) is 4.90 Å². The zero-order valence-corrected chi connectivity index (χ0v) is 7.77. The lowest BCUT2D eigenvalue weighted by Crippen LogP contribution is -2.00. The van der Waals surface area contributed by atoms with Crippen LogP contribution in [0.5, 0.6) is 0 Å². The van der Waals surface area contributed by atoms with Gasteiger partial charge < -0.3 is 0 Å². The van der Waals surface area contributed by atoms with Crippen LogP contribution >= 0.6 is 0 Å². The van der Waals surface area contributed by atoms with Gasteiger partial charge in [-0.1, -0.05) is 6.07 Å². The van der Waals surface area contributed by atoms with Crippen molar-refractivity contribution >= 4 is 10.0 Å². The molecule has 0 saturated heterocycles. The molecule has 0 spiro atoms. The van der Waals surface area contributed by atoms with E-state index in [1.165, 1.54) is 12.1 Å². The maximum atomic E-state index is 10.8. The Bertz CT molecular complexity index is 396. The van der Waals surface area contributed by atoms with E-state index in [4.69, 9.17) is 5.14 Å². The Hall–Kier alpha value is -0.870. The predicted octanol–water partition coefficient (Wildman–Crippen LogP) is 1.28. The van der Waals surface area contributed by atoms with Crippen molar-refractivity contribution < 1.29 is 8.42 Å². The summed E-state index contributed by atoms with van der Waals surface area (Å²) in [5, 5.41) is 6.81. The molecule has 0 atom stereocenters. The first-order valence-electron chi connectivity index (χ1n) is 3.48. The Morgan fingerprint density at radius 2 is 1.75 bits per heavy atom. The smallest absolute Gasteiger partial charge is 0.206 e. The van der Waals surface area contributed by atoms with Crippen LogP contribution in [0.15, 0.2) is 23.1 Å². The van der Waals surface area contributed by atoms with Crippen LogP contribution in [0.3, 0.4) is 0 Å². The zero-order valence-electron chi connectivity index (χ0n) is 6.96. The third kappa shape index (κ3) is 1.84. The maximum Gasteiger partial charge on any atom is 0.254 e. The van der Waals surface area contributed by atoms with Gasteiger partial charge in [0, 0.05) is 0 Å². The van der Waals surface area contributed by atoms with E-state index in [9.17, 15) is 8.42 Å². The van der Waals surface area contributed by atoms with E-state index in [2.05, 4.69) is 0 Å². The van der Waals surface area contributed by atoms with Gasteiger partial charge in [0.25, 0.3) is 10.0 Å². The molecule has 0 amide bonds. The molecule has 0 fully saturated rings. The number of sulfonamides is 1. The van der Waals surface area contributed by atoms with E-state index in [0.29, 0.717) is 0 Å². The normalized spacial score (nSPS) is 11.6. The molecule has 0 saturated carbocycles. The minimum absolute atomic E-state index is 0.0607. The summed E-state index contributed by atoms with van der Waals surface area (Å²) in [6.07, 6.45) is 0. The van der Waals surface area contributed by atoms with Crippen LogP contribution in [0.4, 0.5) is 0 Å². The first-order chi connectivity index (χ1) is 5.41. The Morgan fingerprint density at radius 1 is 1.17 bits per heavy atom. The monoisotopic (exact) mass is 184 g/mol. The molecule has 4 heteroatoms. The summed E-state index contributed by atoms with van der Waals surface area (Å²) in [5.41, 5.74) is 1.92. The number of rotatable bonds is 1. The largest absolute Gasteiger partial charge is 0.254 e. The van der Waals surface area contributed by atoms with E-state index < -0.39 is 10.0 Å². The zero-order chi connectivity index (χ0) is 9.35. The highest BCUT2D eigenvalue weighted by Crippen LogP contribution is 2.13. The molecule has 0 unspecified atom stereocenters. The summed E-state index contributed by atoms with van der Waals surface area (Å²) in [4.78, 5) is 0.0607. The Balaban J connectivity index is 3.33. The van der Waals surface area contributed by atoms with Gasteiger partial charge in [-0.15, -0.1) is 5.14 Å². The van der Waals surface area contributed by atoms with Gasteiger partial charge in [-0.05, 0) is 37.1 Å². The highest BCUT2D eigenvalue weighted by Gasteiger charge is 2.08. The van der Waals surface area contributed by atoms with E-state index >= 15 is 0 Å². The Morgan fingerprint density at radius 3 is 2.17 bits per heavy atom. The van der Waals surface area contributed by atoms with Crippen molar-refractivity contribution in [2.45, 2.75) is 18.7 Å². The lowest BCUT2D eigenvalue weighted by molar-refractivity contribution is 0.596. The highest BCUT2D eigenvalue weighted by atomic mass is 32.2. The van der Waals surface area contributed by atoms with Gasteiger partial charge in [-0.3, -0.25) is 0 Å². The predicted molar refractivity (Wildman–Crippen MR) is 46.2 cm³/mol. The fourth-order valence-corrected chi connectivity index (χ4v) is 1.46. The van der Waals surface area contributed by atoms with Crippen LogP contribution in [0, 0.1) is 13.8 Å². The molecule has 0 aliphatic rings. The van der Waals surface area contributed by atoms with Crippen LogP contribution in [0.1, 0.15) is 11.1 Å². The fourth-order valence-electron chi connectivity index (χ4n) is 0.881. The molecule has 0 bridgehead atoms. The SMILES string of the molecule is Cc1ccc(S([NH])(=O)=O)cc1C. The molecule has 12 heavy (non-hydrogen) atoms. The van der Waals surface area contributed by atoms with E-state index in [0.717, 1.165) is 11.1 Å². The first-order valence-corrected chi connectivity index (χ1v) is 4.96. The summed E-state index contributed by atoms with van der Waals surface area (Å²) in [5.74, 6) is 0. The van der Waals surface area contributed by atoms with Gasteiger partial charge in [0.15, 0.2) is 0 Å². The van der Waals surface area contributed by atoms with Crippen LogP contribution < -0.4 is 5.14 Å². The molecular formula is C8H10NO2S. The minimum Gasteiger partial charge on any atom is -0.206 e. The van der Waals surface area contributed by atoms with Crippen LogP contribution in [-0.4, -0.2) is 8.42 Å². The van der Waals surface area contributed by atoms with Gasteiger partial charge in [0.2, 0.25) is 0 Å². The molecule has 0 aliphatic heterocycles. The molecule has 1 aromatic carbocycles. The average molecular weight is 184 g/mol. The minimum atomic E-state index is -3.79. The van der Waals surface area contributed by atoms with Crippen LogP contribution in [-0.2, 0) is 10.0 Å². The molecule has 1 radical (unpaired) electrons. The van der Waals surface area contributed by atoms with Gasteiger partial charge in [0.1, 0.15) is 0 Å². The summed E-state index contributed by atoms with van der Waals surface area (Å²) >= 11 is 0. The van der Waals surface area contributed by atoms with Gasteiger partial charge >= 0.3 is 0 Å². The van der Waals surface area contributed by atoms with Crippen molar-refractivity contribution in [2.24, 2.45) is 0 Å². The summed E-state index contributed by atoms with van der Waals surface area (Å²) in [7, 11) is -3.79. The number of benzene rings is 1. The lowest BCUT2D eigenvalue weighted by Gasteiger charge is -2.01. The molecule has 3 nitrogen and oxygen atoms in total. The summed E-state index contributed by atoms with van der Waals surface area (Å²) < 4.78 is 21.5. The molecule has 0 heterocycles. The van der Waals surface area contributed by atoms with Gasteiger partial charge in [-0.2, -0.15) is 0 Å². The van der Waals surface area contributed by atoms with Crippen molar-refractivity contribution in [3.05, 3.63) is 29.3 Å². The van der Waals surface area contributed by atoms with Crippen molar-refractivity contribution in [2.75, 3.05) is 0 Å². The molecule has 0 aliphatic carbocycles. The van der Waals surface area contributed by atoms with E-state index in [1.54, 1.807) is 6.07 Å². The van der Waals surface area contributed by atoms with Gasteiger partial charge in [-0.25, -0.2) is 8.42 Å². The quantitative estimate of drug-likeness (QED) is 0.660. The second-order valence-corrected chi connectivity index (χ2v) is 4.23. The number of aryl methyl sites for hydroxylation is 2. The van der Waals surface area contributed by atoms with Crippen molar-refractivity contribution in [1.82, 2.24) is 5.14 Å². The molecular weight excluding hydrogens is 174 g/mol. The first kappa shape index (κ1) is 9.22. The Kier molecular flexibility index (Phi) is 2.21. The second kappa shape index (κ2) is 2.88. The fraction of sp³-hybridized carbons (Fsp3) is 0.250. The molecule has 1 N–H and O–H groups in total. The number of nitrogens with one attached hydrogen (secondary N) is 1. The third-order valence-electron chi connectivity index (χ3n) is 1.79. The average Bonchev–Trinajstić information content (AvgIpc) is 1.92. The van der Waals surface area contributed by atoms with Crippen molar-refractivity contribution in [3.8, 4) is 0 Å². The van der Waals surface area contributed by atoms with Crippen molar-refractivity contribution in [3.63, 3.8) is 0 Å². The second-order valence-electron chi connectivity index (χ2n) is 2.75. The molecule has 65 valence electrons. The molecule has 0 aromatic heterocycles. The Labute approximate surface area is 72.3 Å². The standard InChI is InChI=1S/C8H10NO2S/c1-6-3-4-8(5-7(6)2)12(9,10)11/h3-5,9H,1-2H3. The van der Waals surface area contributed by atoms with Crippen LogP contribution in [0.25, 0.3) is 0 Å².